The van der Waals surface area contributed by atoms with Crippen LogP contribution in [0.5, 0.6) is 0 Å². The van der Waals surface area contributed by atoms with Gasteiger partial charge in [-0.2, -0.15) is 0 Å². The van der Waals surface area contributed by atoms with Crippen LogP contribution in [0.3, 0.4) is 0 Å². The monoisotopic (exact) mass is 651 g/mol. The minimum atomic E-state index is -0.328. The molecule has 1 unspecified atom stereocenters. The number of hydrogen-bond donors (Lipinski definition) is 2. The Bertz CT molecular complexity index is 2290. The van der Waals surface area contributed by atoms with Gasteiger partial charge in [-0.3, -0.25) is 4.99 Å². The maximum Gasteiger partial charge on any atom is 0.127 e. The third-order valence-electron chi connectivity index (χ3n) is 8.77. The van der Waals surface area contributed by atoms with Crippen molar-refractivity contribution in [3.8, 4) is 33.4 Å². The first kappa shape index (κ1) is 31.8. The molecule has 7 aromatic carbocycles. The lowest BCUT2D eigenvalue weighted by Crippen LogP contribution is -2.16. The van der Waals surface area contributed by atoms with Gasteiger partial charge in [0.2, 0.25) is 0 Å². The first-order valence-corrected chi connectivity index (χ1v) is 17.3. The quantitative estimate of drug-likeness (QED) is 0.133. The van der Waals surface area contributed by atoms with Crippen LogP contribution in [0.2, 0.25) is 0 Å². The topological polar surface area (TPSA) is 64.4 Å². The molecule has 49 heavy (non-hydrogen) atoms. The molecule has 0 radical (unpaired) electrons. The number of aliphatic imine (C=N–C) groups is 1. The van der Waals surface area contributed by atoms with Gasteiger partial charge in [0.05, 0.1) is 0 Å². The van der Waals surface area contributed by atoms with E-state index in [4.69, 9.17) is 10.7 Å². The molecule has 0 saturated heterocycles. The van der Waals surface area contributed by atoms with Gasteiger partial charge in [0, 0.05) is 25.7 Å². The highest BCUT2D eigenvalue weighted by Gasteiger charge is 2.19. The first-order valence-electron chi connectivity index (χ1n) is 16.4. The van der Waals surface area contributed by atoms with Crippen molar-refractivity contribution in [1.82, 2.24) is 0 Å². The molecule has 8 rings (SSSR count). The molecule has 1 atom stereocenters. The maximum absolute atomic E-state index is 7.06. The van der Waals surface area contributed by atoms with Crippen molar-refractivity contribution in [3.05, 3.63) is 193 Å². The molecular formula is C45H37N3S. The van der Waals surface area contributed by atoms with E-state index < -0.39 is 0 Å². The van der Waals surface area contributed by atoms with Crippen LogP contribution < -0.4 is 11.5 Å². The number of fused-ring (bicyclic) bond motifs is 3. The Morgan fingerprint density at radius 1 is 0.469 bits per heavy atom. The van der Waals surface area contributed by atoms with Gasteiger partial charge in [0.15, 0.2) is 0 Å². The molecule has 0 spiro atoms. The van der Waals surface area contributed by atoms with Gasteiger partial charge < -0.3 is 11.5 Å². The second kappa shape index (κ2) is 14.5. The molecule has 1 heterocycles. The molecule has 4 heteroatoms. The molecule has 0 aliphatic rings. The standard InChI is InChI=1S/C44H32N2S.CH5N/c45-44(39-20-12-22-41-42(39)38-19-10-11-21-40(38)47-41)46-43(34-25-23-33(24-26-34)30-13-4-1-5-14-30)37-28-35(31-15-6-2-7-16-31)27-36(29-37)32-17-8-3-9-18-32;1-2/h1-29,43H,(H2,45,46);2H2,1H3. The van der Waals surface area contributed by atoms with Gasteiger partial charge in [0.25, 0.3) is 0 Å². The summed E-state index contributed by atoms with van der Waals surface area (Å²) >= 11 is 1.79. The minimum Gasteiger partial charge on any atom is -0.383 e. The van der Waals surface area contributed by atoms with Gasteiger partial charge in [-0.15, -0.1) is 11.3 Å². The van der Waals surface area contributed by atoms with E-state index in [0.29, 0.717) is 5.84 Å². The van der Waals surface area contributed by atoms with Crippen LogP contribution in [0.15, 0.2) is 181 Å². The van der Waals surface area contributed by atoms with Crippen LogP contribution >= 0.6 is 11.3 Å². The van der Waals surface area contributed by atoms with Crippen LogP contribution in [0.1, 0.15) is 22.7 Å². The molecule has 3 nitrogen and oxygen atoms in total. The summed E-state index contributed by atoms with van der Waals surface area (Å²) in [5, 5.41) is 2.37. The van der Waals surface area contributed by atoms with E-state index in [-0.39, 0.29) is 6.04 Å². The summed E-state index contributed by atoms with van der Waals surface area (Å²) in [5.74, 6) is 0.530. The lowest BCUT2D eigenvalue weighted by atomic mass is 9.90. The van der Waals surface area contributed by atoms with Crippen molar-refractivity contribution in [2.75, 3.05) is 7.05 Å². The van der Waals surface area contributed by atoms with Crippen molar-refractivity contribution in [2.24, 2.45) is 16.5 Å². The van der Waals surface area contributed by atoms with E-state index in [1.165, 1.54) is 33.0 Å². The van der Waals surface area contributed by atoms with Crippen LogP contribution in [0.25, 0.3) is 53.6 Å². The molecule has 0 amide bonds. The normalized spacial score (nSPS) is 12.0. The number of nitrogens with zero attached hydrogens (tertiary/aromatic N) is 1. The summed E-state index contributed by atoms with van der Waals surface area (Å²) in [7, 11) is 1.50. The lowest BCUT2D eigenvalue weighted by molar-refractivity contribution is 0.872. The zero-order chi connectivity index (χ0) is 33.6. The maximum atomic E-state index is 7.06. The third-order valence-corrected chi connectivity index (χ3v) is 9.90. The van der Waals surface area contributed by atoms with Gasteiger partial charge in [-0.1, -0.05) is 146 Å². The Morgan fingerprint density at radius 3 is 1.55 bits per heavy atom. The van der Waals surface area contributed by atoms with Crippen LogP contribution in [0, 0.1) is 0 Å². The predicted octanol–water partition coefficient (Wildman–Crippen LogP) is 11.1. The second-order valence-electron chi connectivity index (χ2n) is 11.8. The summed E-state index contributed by atoms with van der Waals surface area (Å²) in [5.41, 5.74) is 21.7. The summed E-state index contributed by atoms with van der Waals surface area (Å²) in [6, 6.07) is 61.8. The molecule has 0 bridgehead atoms. The summed E-state index contributed by atoms with van der Waals surface area (Å²) in [4.78, 5) is 5.39. The molecule has 8 aromatic rings. The summed E-state index contributed by atoms with van der Waals surface area (Å²) in [6.45, 7) is 0. The van der Waals surface area contributed by atoms with Crippen LogP contribution in [-0.2, 0) is 0 Å². The Labute approximate surface area is 291 Å². The van der Waals surface area contributed by atoms with E-state index in [1.54, 1.807) is 11.3 Å². The van der Waals surface area contributed by atoms with Crippen LogP contribution in [-0.4, -0.2) is 12.9 Å². The van der Waals surface area contributed by atoms with E-state index in [0.717, 1.165) is 44.3 Å². The molecule has 4 N–H and O–H groups in total. The third kappa shape index (κ3) is 6.66. The molecule has 0 saturated carbocycles. The summed E-state index contributed by atoms with van der Waals surface area (Å²) < 4.78 is 2.46. The largest absolute Gasteiger partial charge is 0.383 e. The number of nitrogens with two attached hydrogens (primary N) is 2. The Balaban J connectivity index is 0.00000186. The fourth-order valence-electron chi connectivity index (χ4n) is 6.43. The SMILES string of the molecule is CN.NC(=NC(c1ccc(-c2ccccc2)cc1)c1cc(-c2ccccc2)cc(-c2ccccc2)c1)c1cccc2sc3ccccc3c12. The Hall–Kier alpha value is -5.81. The number of thiophene rings is 1. The van der Waals surface area contributed by atoms with E-state index in [1.807, 2.05) is 6.07 Å². The molecule has 0 fully saturated rings. The van der Waals surface area contributed by atoms with Gasteiger partial charge in [-0.25, -0.2) is 0 Å². The highest BCUT2D eigenvalue weighted by molar-refractivity contribution is 7.25. The Morgan fingerprint density at radius 2 is 0.959 bits per heavy atom. The average molecular weight is 652 g/mol. The van der Waals surface area contributed by atoms with Crippen molar-refractivity contribution < 1.29 is 0 Å². The minimum absolute atomic E-state index is 0.328. The fraction of sp³-hybridized carbons (Fsp3) is 0.0444. The molecule has 0 aliphatic heterocycles. The van der Waals surface area contributed by atoms with E-state index in [2.05, 4.69) is 176 Å². The fourth-order valence-corrected chi connectivity index (χ4v) is 7.56. The molecular weight excluding hydrogens is 615 g/mol. The molecule has 0 aliphatic carbocycles. The zero-order valence-corrected chi connectivity index (χ0v) is 28.1. The zero-order valence-electron chi connectivity index (χ0n) is 27.3. The van der Waals surface area contributed by atoms with E-state index >= 15 is 0 Å². The van der Waals surface area contributed by atoms with Gasteiger partial charge >= 0.3 is 0 Å². The van der Waals surface area contributed by atoms with Crippen molar-refractivity contribution in [2.45, 2.75) is 6.04 Å². The smallest absolute Gasteiger partial charge is 0.127 e. The van der Waals surface area contributed by atoms with Crippen molar-refractivity contribution >= 4 is 37.3 Å². The highest BCUT2D eigenvalue weighted by atomic mass is 32.1. The number of rotatable bonds is 7. The van der Waals surface area contributed by atoms with Gasteiger partial charge in [0.1, 0.15) is 11.9 Å². The first-order chi connectivity index (χ1) is 24.2. The highest BCUT2D eigenvalue weighted by Crippen LogP contribution is 2.38. The van der Waals surface area contributed by atoms with Gasteiger partial charge in [-0.05, 0) is 81.9 Å². The Kier molecular flexibility index (Phi) is 9.42. The predicted molar refractivity (Wildman–Crippen MR) is 211 cm³/mol. The molecule has 238 valence electrons. The van der Waals surface area contributed by atoms with Crippen molar-refractivity contribution in [1.29, 1.82) is 0 Å². The number of benzene rings is 7. The number of hydrogen-bond acceptors (Lipinski definition) is 3. The molecule has 1 aromatic heterocycles. The average Bonchev–Trinajstić information content (AvgIpc) is 3.58. The summed E-state index contributed by atoms with van der Waals surface area (Å²) in [6.07, 6.45) is 0. The van der Waals surface area contributed by atoms with Crippen molar-refractivity contribution in [3.63, 3.8) is 0 Å². The second-order valence-corrected chi connectivity index (χ2v) is 12.8. The van der Waals surface area contributed by atoms with Crippen LogP contribution in [0.4, 0.5) is 0 Å². The lowest BCUT2D eigenvalue weighted by Gasteiger charge is -2.19. The van der Waals surface area contributed by atoms with E-state index in [9.17, 15) is 0 Å². The number of amidine groups is 1.